The maximum Gasteiger partial charge on any atom is 0.234 e. The third-order valence-electron chi connectivity index (χ3n) is 4.32. The Morgan fingerprint density at radius 3 is 2.96 bits per heavy atom. The second-order valence-corrected chi connectivity index (χ2v) is 7.01. The van der Waals surface area contributed by atoms with Crippen molar-refractivity contribution in [2.75, 3.05) is 30.4 Å². The number of furan rings is 1. The molecule has 7 nitrogen and oxygen atoms in total. The molecule has 1 aliphatic heterocycles. The third kappa shape index (κ3) is 4.85. The summed E-state index contributed by atoms with van der Waals surface area (Å²) in [6, 6.07) is 5.71. The molecule has 1 atom stereocenters. The normalized spacial score (nSPS) is 17.0. The predicted octanol–water partition coefficient (Wildman–Crippen LogP) is 3.11. The zero-order valence-corrected chi connectivity index (χ0v) is 16.2. The fourth-order valence-electron chi connectivity index (χ4n) is 3.03. The SMILES string of the molecule is COc1cc(N2CCC[C@H](C)C2)nc(NC(=S)NCc2ccc(C)o2)n1. The molecule has 0 radical (unpaired) electrons. The number of ether oxygens (including phenoxy) is 1. The second kappa shape index (κ2) is 8.35. The highest BCUT2D eigenvalue weighted by atomic mass is 32.1. The highest BCUT2D eigenvalue weighted by molar-refractivity contribution is 7.80. The van der Waals surface area contributed by atoms with Crippen molar-refractivity contribution in [1.29, 1.82) is 0 Å². The first kappa shape index (κ1) is 18.4. The molecule has 0 aliphatic carbocycles. The van der Waals surface area contributed by atoms with Crippen LogP contribution in [-0.4, -0.2) is 35.3 Å². The topological polar surface area (TPSA) is 75.5 Å². The molecule has 2 N–H and O–H groups in total. The van der Waals surface area contributed by atoms with Crippen molar-refractivity contribution < 1.29 is 9.15 Å². The lowest BCUT2D eigenvalue weighted by Gasteiger charge is -2.32. The molecule has 0 bridgehead atoms. The van der Waals surface area contributed by atoms with E-state index in [0.29, 0.717) is 29.4 Å². The summed E-state index contributed by atoms with van der Waals surface area (Å²) in [6.07, 6.45) is 2.42. The van der Waals surface area contributed by atoms with Crippen LogP contribution in [0.1, 0.15) is 31.3 Å². The van der Waals surface area contributed by atoms with Crippen molar-refractivity contribution in [3.63, 3.8) is 0 Å². The maximum atomic E-state index is 5.52. The lowest BCUT2D eigenvalue weighted by Crippen LogP contribution is -2.35. The molecule has 0 aromatic carbocycles. The molecule has 3 heterocycles. The van der Waals surface area contributed by atoms with Crippen LogP contribution in [0.15, 0.2) is 22.6 Å². The van der Waals surface area contributed by atoms with Gasteiger partial charge in [-0.05, 0) is 50.0 Å². The first-order valence-corrected chi connectivity index (χ1v) is 9.22. The van der Waals surface area contributed by atoms with Crippen LogP contribution in [0.3, 0.4) is 0 Å². The van der Waals surface area contributed by atoms with Crippen LogP contribution >= 0.6 is 12.2 Å². The average molecular weight is 375 g/mol. The van der Waals surface area contributed by atoms with Gasteiger partial charge in [0.05, 0.1) is 13.7 Å². The van der Waals surface area contributed by atoms with Gasteiger partial charge in [-0.2, -0.15) is 9.97 Å². The van der Waals surface area contributed by atoms with Gasteiger partial charge in [-0.1, -0.05) is 6.92 Å². The first-order chi connectivity index (χ1) is 12.5. The van der Waals surface area contributed by atoms with Gasteiger partial charge in [0.25, 0.3) is 0 Å². The molecule has 2 aromatic rings. The lowest BCUT2D eigenvalue weighted by molar-refractivity contribution is 0.396. The molecular weight excluding hydrogens is 350 g/mol. The molecule has 0 spiro atoms. The van der Waals surface area contributed by atoms with Crippen molar-refractivity contribution >= 4 is 29.1 Å². The number of nitrogens with zero attached hydrogens (tertiary/aromatic N) is 3. The van der Waals surface area contributed by atoms with Gasteiger partial charge < -0.3 is 24.7 Å². The molecule has 1 fully saturated rings. The summed E-state index contributed by atoms with van der Waals surface area (Å²) < 4.78 is 10.9. The van der Waals surface area contributed by atoms with Gasteiger partial charge in [0.2, 0.25) is 11.8 Å². The summed E-state index contributed by atoms with van der Waals surface area (Å²) in [6.45, 7) is 6.65. The molecule has 1 aliphatic rings. The van der Waals surface area contributed by atoms with Gasteiger partial charge in [-0.3, -0.25) is 0 Å². The molecule has 3 rings (SSSR count). The Bertz CT molecular complexity index is 764. The van der Waals surface area contributed by atoms with E-state index < -0.39 is 0 Å². The van der Waals surface area contributed by atoms with E-state index in [4.69, 9.17) is 21.4 Å². The number of piperidine rings is 1. The number of aromatic nitrogens is 2. The van der Waals surface area contributed by atoms with Crippen LogP contribution in [0.4, 0.5) is 11.8 Å². The van der Waals surface area contributed by atoms with Crippen LogP contribution in [0.5, 0.6) is 5.88 Å². The van der Waals surface area contributed by atoms with E-state index in [1.807, 2.05) is 25.1 Å². The summed E-state index contributed by atoms with van der Waals surface area (Å²) in [5, 5.41) is 6.57. The Morgan fingerprint density at radius 1 is 1.42 bits per heavy atom. The molecule has 8 heteroatoms. The minimum Gasteiger partial charge on any atom is -0.481 e. The zero-order valence-electron chi connectivity index (χ0n) is 15.4. The highest BCUT2D eigenvalue weighted by Gasteiger charge is 2.19. The Hall–Kier alpha value is -2.35. The van der Waals surface area contributed by atoms with Crippen LogP contribution in [0.2, 0.25) is 0 Å². The number of anilines is 2. The monoisotopic (exact) mass is 375 g/mol. The third-order valence-corrected chi connectivity index (χ3v) is 4.57. The second-order valence-electron chi connectivity index (χ2n) is 6.61. The zero-order chi connectivity index (χ0) is 18.5. The standard InChI is InChI=1S/C18H25N5O2S/c1-12-5-4-8-23(11-12)15-9-16(24-3)21-17(20-15)22-18(26)19-10-14-7-6-13(2)25-14/h6-7,9,12H,4-5,8,10-11H2,1-3H3,(H2,19,20,21,22,26)/t12-/m0/s1. The quantitative estimate of drug-likeness (QED) is 0.772. The van der Waals surface area contributed by atoms with Gasteiger partial charge in [0.1, 0.15) is 17.3 Å². The number of hydrogen-bond acceptors (Lipinski definition) is 6. The van der Waals surface area contributed by atoms with Gasteiger partial charge in [0, 0.05) is 19.2 Å². The number of rotatable bonds is 5. The lowest BCUT2D eigenvalue weighted by atomic mass is 10.0. The van der Waals surface area contributed by atoms with Crippen molar-refractivity contribution in [2.45, 2.75) is 33.2 Å². The fourth-order valence-corrected chi connectivity index (χ4v) is 3.19. The molecule has 2 aromatic heterocycles. The molecular formula is C18H25N5O2S. The van der Waals surface area contributed by atoms with Gasteiger partial charge in [-0.15, -0.1) is 0 Å². The first-order valence-electron chi connectivity index (χ1n) is 8.81. The summed E-state index contributed by atoms with van der Waals surface area (Å²) in [5.74, 6) is 4.14. The van der Waals surface area contributed by atoms with E-state index in [0.717, 1.165) is 30.4 Å². The molecule has 0 unspecified atom stereocenters. The van der Waals surface area contributed by atoms with E-state index in [-0.39, 0.29) is 0 Å². The summed E-state index contributed by atoms with van der Waals surface area (Å²) >= 11 is 5.34. The Morgan fingerprint density at radius 2 is 2.27 bits per heavy atom. The maximum absolute atomic E-state index is 5.52. The Kier molecular flexibility index (Phi) is 5.92. The van der Waals surface area contributed by atoms with Gasteiger partial charge >= 0.3 is 0 Å². The van der Waals surface area contributed by atoms with Crippen LogP contribution < -0.4 is 20.3 Å². The summed E-state index contributed by atoms with van der Waals surface area (Å²) in [5.41, 5.74) is 0. The fraction of sp³-hybridized carbons (Fsp3) is 0.500. The molecule has 140 valence electrons. The smallest absolute Gasteiger partial charge is 0.234 e. The van der Waals surface area contributed by atoms with E-state index in [1.54, 1.807) is 7.11 Å². The van der Waals surface area contributed by atoms with Crippen LogP contribution in [0.25, 0.3) is 0 Å². The summed E-state index contributed by atoms with van der Waals surface area (Å²) in [7, 11) is 1.60. The Labute approximate surface area is 159 Å². The number of aryl methyl sites for hydroxylation is 1. The number of hydrogen-bond donors (Lipinski definition) is 2. The van der Waals surface area contributed by atoms with Gasteiger partial charge in [0.15, 0.2) is 5.11 Å². The van der Waals surface area contributed by atoms with Crippen molar-refractivity contribution in [1.82, 2.24) is 15.3 Å². The summed E-state index contributed by atoms with van der Waals surface area (Å²) in [4.78, 5) is 11.2. The number of nitrogens with one attached hydrogen (secondary N) is 2. The molecule has 26 heavy (non-hydrogen) atoms. The van der Waals surface area contributed by atoms with E-state index in [9.17, 15) is 0 Å². The van der Waals surface area contributed by atoms with Crippen LogP contribution in [-0.2, 0) is 6.54 Å². The highest BCUT2D eigenvalue weighted by Crippen LogP contribution is 2.25. The molecule has 1 saturated heterocycles. The van der Waals surface area contributed by atoms with Gasteiger partial charge in [-0.25, -0.2) is 0 Å². The minimum absolute atomic E-state index is 0.422. The van der Waals surface area contributed by atoms with Crippen LogP contribution in [0, 0.1) is 12.8 Å². The van der Waals surface area contributed by atoms with Crippen molar-refractivity contribution in [2.24, 2.45) is 5.92 Å². The minimum atomic E-state index is 0.422. The van der Waals surface area contributed by atoms with E-state index in [1.165, 1.54) is 12.8 Å². The molecule has 0 saturated carbocycles. The molecule has 0 amide bonds. The van der Waals surface area contributed by atoms with E-state index >= 15 is 0 Å². The van der Waals surface area contributed by atoms with Crippen molar-refractivity contribution in [3.8, 4) is 5.88 Å². The largest absolute Gasteiger partial charge is 0.481 e. The Balaban J connectivity index is 1.66. The predicted molar refractivity (Wildman–Crippen MR) is 106 cm³/mol. The average Bonchev–Trinajstić information content (AvgIpc) is 3.05. The number of methoxy groups -OCH3 is 1. The van der Waals surface area contributed by atoms with Crippen molar-refractivity contribution in [3.05, 3.63) is 29.7 Å². The number of thiocarbonyl (C=S) groups is 1. The van der Waals surface area contributed by atoms with E-state index in [2.05, 4.69) is 32.4 Å².